The average Bonchev–Trinajstić information content (AvgIpc) is 2.77. The first-order chi connectivity index (χ1) is 14.6. The van der Waals surface area contributed by atoms with Crippen molar-refractivity contribution in [3.63, 3.8) is 0 Å². The third-order valence-corrected chi connectivity index (χ3v) is 4.49. The zero-order valence-electron chi connectivity index (χ0n) is 16.6. The number of halogens is 1. The van der Waals surface area contributed by atoms with Gasteiger partial charge in [0.1, 0.15) is 11.6 Å². The van der Waals surface area contributed by atoms with Crippen molar-refractivity contribution in [2.24, 2.45) is 0 Å². The van der Waals surface area contributed by atoms with Crippen LogP contribution in [0.15, 0.2) is 78.9 Å². The second-order valence-electron chi connectivity index (χ2n) is 6.58. The maximum Gasteiger partial charge on any atom is 0.254 e. The van der Waals surface area contributed by atoms with Gasteiger partial charge in [-0.1, -0.05) is 54.6 Å². The number of benzene rings is 3. The van der Waals surface area contributed by atoms with Gasteiger partial charge in [-0.3, -0.25) is 9.59 Å². The third-order valence-electron chi connectivity index (χ3n) is 4.49. The maximum atomic E-state index is 13.7. The van der Waals surface area contributed by atoms with Crippen molar-refractivity contribution in [2.75, 3.05) is 13.2 Å². The van der Waals surface area contributed by atoms with Crippen LogP contribution in [-0.2, 0) is 4.79 Å². The number of amides is 2. The summed E-state index contributed by atoms with van der Waals surface area (Å²) in [6.45, 7) is 2.21. The smallest absolute Gasteiger partial charge is 0.254 e. The second kappa shape index (κ2) is 10.2. The monoisotopic (exact) mass is 406 g/mol. The van der Waals surface area contributed by atoms with E-state index in [-0.39, 0.29) is 18.0 Å². The van der Waals surface area contributed by atoms with Crippen LogP contribution in [0.25, 0.3) is 0 Å². The first kappa shape index (κ1) is 21.0. The fourth-order valence-electron chi connectivity index (χ4n) is 3.04. The van der Waals surface area contributed by atoms with Crippen LogP contribution in [0.4, 0.5) is 4.39 Å². The lowest BCUT2D eigenvalue weighted by molar-refractivity contribution is -0.120. The summed E-state index contributed by atoms with van der Waals surface area (Å²) < 4.78 is 19.2. The Balaban J connectivity index is 1.70. The molecule has 2 N–H and O–H groups in total. The number of hydrogen-bond donors (Lipinski definition) is 2. The van der Waals surface area contributed by atoms with Gasteiger partial charge < -0.3 is 15.4 Å². The van der Waals surface area contributed by atoms with Crippen molar-refractivity contribution in [3.05, 3.63) is 101 Å². The molecule has 6 heteroatoms. The molecule has 2 amide bonds. The number of rotatable bonds is 8. The van der Waals surface area contributed by atoms with Crippen LogP contribution < -0.4 is 15.4 Å². The molecule has 0 fully saturated rings. The summed E-state index contributed by atoms with van der Waals surface area (Å²) in [5, 5.41) is 5.40. The molecule has 0 saturated carbocycles. The molecule has 0 aliphatic carbocycles. The SMILES string of the molecule is CCOc1ccc([C@H](NC(=O)CNC(=O)c2ccccc2F)c2ccccc2)cc1. The lowest BCUT2D eigenvalue weighted by Gasteiger charge is -2.20. The first-order valence-electron chi connectivity index (χ1n) is 9.68. The molecule has 0 radical (unpaired) electrons. The predicted octanol–water partition coefficient (Wildman–Crippen LogP) is 3.86. The van der Waals surface area contributed by atoms with Crippen LogP contribution >= 0.6 is 0 Å². The molecule has 0 aromatic heterocycles. The summed E-state index contributed by atoms with van der Waals surface area (Å²) in [6, 6.07) is 22.2. The van der Waals surface area contributed by atoms with Gasteiger partial charge in [0.25, 0.3) is 5.91 Å². The van der Waals surface area contributed by atoms with Crippen molar-refractivity contribution in [2.45, 2.75) is 13.0 Å². The van der Waals surface area contributed by atoms with Gasteiger partial charge in [-0.2, -0.15) is 0 Å². The Morgan fingerprint density at radius 1 is 0.900 bits per heavy atom. The van der Waals surface area contributed by atoms with Gasteiger partial charge in [0.2, 0.25) is 5.91 Å². The Bertz CT molecular complexity index is 991. The van der Waals surface area contributed by atoms with Crippen LogP contribution in [0.5, 0.6) is 5.75 Å². The molecular formula is C24H23FN2O3. The highest BCUT2D eigenvalue weighted by molar-refractivity contribution is 5.96. The van der Waals surface area contributed by atoms with Gasteiger partial charge in [0, 0.05) is 0 Å². The number of ether oxygens (including phenoxy) is 1. The van der Waals surface area contributed by atoms with Gasteiger partial charge in [-0.15, -0.1) is 0 Å². The highest BCUT2D eigenvalue weighted by Gasteiger charge is 2.18. The second-order valence-corrected chi connectivity index (χ2v) is 6.58. The Labute approximate surface area is 174 Å². The third kappa shape index (κ3) is 5.44. The van der Waals surface area contributed by atoms with Crippen molar-refractivity contribution in [3.8, 4) is 5.75 Å². The summed E-state index contributed by atoms with van der Waals surface area (Å²) in [5.74, 6) is -0.911. The molecule has 3 rings (SSSR count). The fraction of sp³-hybridized carbons (Fsp3) is 0.167. The van der Waals surface area contributed by atoms with Crippen LogP contribution in [-0.4, -0.2) is 25.0 Å². The molecule has 0 unspecified atom stereocenters. The molecule has 0 saturated heterocycles. The van der Waals surface area contributed by atoms with E-state index >= 15 is 0 Å². The zero-order valence-corrected chi connectivity index (χ0v) is 16.6. The van der Waals surface area contributed by atoms with Gasteiger partial charge in [0.15, 0.2) is 0 Å². The molecule has 0 heterocycles. The van der Waals surface area contributed by atoms with E-state index in [1.807, 2.05) is 61.5 Å². The Morgan fingerprint density at radius 2 is 1.53 bits per heavy atom. The van der Waals surface area contributed by atoms with Crippen LogP contribution in [0, 0.1) is 5.82 Å². The quantitative estimate of drug-likeness (QED) is 0.597. The lowest BCUT2D eigenvalue weighted by Crippen LogP contribution is -2.39. The fourth-order valence-corrected chi connectivity index (χ4v) is 3.04. The molecule has 0 aliphatic rings. The Hall–Kier alpha value is -3.67. The number of carbonyl (C=O) groups is 2. The summed E-state index contributed by atoms with van der Waals surface area (Å²) >= 11 is 0. The van der Waals surface area contributed by atoms with Crippen LogP contribution in [0.2, 0.25) is 0 Å². The zero-order chi connectivity index (χ0) is 21.3. The maximum absolute atomic E-state index is 13.7. The van der Waals surface area contributed by atoms with Crippen LogP contribution in [0.1, 0.15) is 34.5 Å². The Morgan fingerprint density at radius 3 is 2.20 bits per heavy atom. The number of carbonyl (C=O) groups excluding carboxylic acids is 2. The minimum Gasteiger partial charge on any atom is -0.494 e. The standard InChI is InChI=1S/C24H23FN2O3/c1-2-30-19-14-12-18(13-15-19)23(17-8-4-3-5-9-17)27-22(28)16-26-24(29)20-10-6-7-11-21(20)25/h3-15,23H,2,16H2,1H3,(H,26,29)(H,27,28)/t23-/m1/s1. The highest BCUT2D eigenvalue weighted by Crippen LogP contribution is 2.24. The molecule has 3 aromatic carbocycles. The molecule has 5 nitrogen and oxygen atoms in total. The number of hydrogen-bond acceptors (Lipinski definition) is 3. The number of nitrogens with one attached hydrogen (secondary N) is 2. The normalized spacial score (nSPS) is 11.4. The highest BCUT2D eigenvalue weighted by atomic mass is 19.1. The van der Waals surface area contributed by atoms with Gasteiger partial charge in [-0.05, 0) is 42.3 Å². The molecule has 3 aromatic rings. The molecule has 1 atom stereocenters. The first-order valence-corrected chi connectivity index (χ1v) is 9.68. The van der Waals surface area contributed by atoms with E-state index in [0.29, 0.717) is 6.61 Å². The summed E-state index contributed by atoms with van der Waals surface area (Å²) in [5.41, 5.74) is 1.67. The van der Waals surface area contributed by atoms with E-state index in [1.165, 1.54) is 18.2 Å². The summed E-state index contributed by atoms with van der Waals surface area (Å²) in [6.07, 6.45) is 0. The Kier molecular flexibility index (Phi) is 7.16. The van der Waals surface area contributed by atoms with E-state index in [1.54, 1.807) is 6.07 Å². The lowest BCUT2D eigenvalue weighted by atomic mass is 9.98. The molecule has 0 bridgehead atoms. The van der Waals surface area contributed by atoms with Crippen molar-refractivity contribution < 1.29 is 18.7 Å². The van der Waals surface area contributed by atoms with Crippen molar-refractivity contribution >= 4 is 11.8 Å². The molecule has 30 heavy (non-hydrogen) atoms. The van der Waals surface area contributed by atoms with E-state index in [0.717, 1.165) is 16.9 Å². The van der Waals surface area contributed by atoms with Crippen molar-refractivity contribution in [1.82, 2.24) is 10.6 Å². The minimum atomic E-state index is -0.638. The summed E-state index contributed by atoms with van der Waals surface area (Å²) in [7, 11) is 0. The summed E-state index contributed by atoms with van der Waals surface area (Å²) in [4.78, 5) is 24.7. The molecule has 0 aliphatic heterocycles. The van der Waals surface area contributed by atoms with Gasteiger partial charge in [-0.25, -0.2) is 4.39 Å². The van der Waals surface area contributed by atoms with E-state index in [2.05, 4.69) is 10.6 Å². The van der Waals surface area contributed by atoms with E-state index in [9.17, 15) is 14.0 Å². The van der Waals surface area contributed by atoms with Crippen LogP contribution in [0.3, 0.4) is 0 Å². The molecular weight excluding hydrogens is 383 g/mol. The van der Waals surface area contributed by atoms with E-state index in [4.69, 9.17) is 4.74 Å². The van der Waals surface area contributed by atoms with Gasteiger partial charge >= 0.3 is 0 Å². The minimum absolute atomic E-state index is 0.101. The molecule has 0 spiro atoms. The topological polar surface area (TPSA) is 67.4 Å². The van der Waals surface area contributed by atoms with E-state index < -0.39 is 17.8 Å². The van der Waals surface area contributed by atoms with Gasteiger partial charge in [0.05, 0.1) is 24.8 Å². The molecule has 154 valence electrons. The van der Waals surface area contributed by atoms with Crippen molar-refractivity contribution in [1.29, 1.82) is 0 Å². The average molecular weight is 406 g/mol. The predicted molar refractivity (Wildman–Crippen MR) is 113 cm³/mol. The largest absolute Gasteiger partial charge is 0.494 e.